The molecule has 1 aromatic carbocycles. The molecule has 0 bridgehead atoms. The Kier molecular flexibility index (Phi) is 3.64. The molecule has 20 heavy (non-hydrogen) atoms. The molecule has 1 aromatic rings. The molecule has 3 amide bonds. The topological polar surface area (TPSA) is 66.5 Å². The number of benzene rings is 1. The molecule has 0 saturated carbocycles. The van der Waals surface area contributed by atoms with Gasteiger partial charge >= 0.3 is 0 Å². The SMILES string of the molecule is CC1(C)C(=O)NC(=O)CN1C(=O)c1c(F)cccc1Br. The fraction of sp³-hybridized carbons (Fsp3) is 0.308. The Morgan fingerprint density at radius 2 is 2.05 bits per heavy atom. The van der Waals surface area contributed by atoms with Gasteiger partial charge in [-0.2, -0.15) is 0 Å². The van der Waals surface area contributed by atoms with Gasteiger partial charge in [0, 0.05) is 4.47 Å². The quantitative estimate of drug-likeness (QED) is 0.786. The average Bonchev–Trinajstić information content (AvgIpc) is 2.33. The lowest BCUT2D eigenvalue weighted by atomic mass is 9.97. The summed E-state index contributed by atoms with van der Waals surface area (Å²) in [4.78, 5) is 36.8. The number of piperazine rings is 1. The molecule has 0 aliphatic carbocycles. The van der Waals surface area contributed by atoms with E-state index in [-0.39, 0.29) is 16.6 Å². The van der Waals surface area contributed by atoms with Crippen LogP contribution in [-0.2, 0) is 9.59 Å². The summed E-state index contributed by atoms with van der Waals surface area (Å²) < 4.78 is 14.1. The monoisotopic (exact) mass is 342 g/mol. The number of amides is 3. The second kappa shape index (κ2) is 4.97. The lowest BCUT2D eigenvalue weighted by Gasteiger charge is -2.40. The molecule has 106 valence electrons. The highest BCUT2D eigenvalue weighted by Crippen LogP contribution is 2.26. The Morgan fingerprint density at radius 3 is 2.65 bits per heavy atom. The van der Waals surface area contributed by atoms with Crippen molar-refractivity contribution in [3.8, 4) is 0 Å². The molecule has 1 fully saturated rings. The molecule has 1 heterocycles. The molecule has 1 saturated heterocycles. The molecule has 1 N–H and O–H groups in total. The number of halogens is 2. The number of carbonyl (C=O) groups is 3. The summed E-state index contributed by atoms with van der Waals surface area (Å²) in [7, 11) is 0. The minimum Gasteiger partial charge on any atom is -0.315 e. The smallest absolute Gasteiger partial charge is 0.259 e. The van der Waals surface area contributed by atoms with E-state index >= 15 is 0 Å². The van der Waals surface area contributed by atoms with Gasteiger partial charge in [-0.15, -0.1) is 0 Å². The second-order valence-electron chi connectivity index (χ2n) is 4.92. The summed E-state index contributed by atoms with van der Waals surface area (Å²) in [5, 5.41) is 2.16. The van der Waals surface area contributed by atoms with Gasteiger partial charge in [0.1, 0.15) is 17.9 Å². The molecular weight excluding hydrogens is 331 g/mol. The third kappa shape index (κ3) is 2.33. The van der Waals surface area contributed by atoms with Gasteiger partial charge in [-0.05, 0) is 41.9 Å². The highest BCUT2D eigenvalue weighted by Gasteiger charge is 2.44. The van der Waals surface area contributed by atoms with E-state index < -0.39 is 29.1 Å². The predicted molar refractivity (Wildman–Crippen MR) is 72.4 cm³/mol. The van der Waals surface area contributed by atoms with Gasteiger partial charge in [-0.3, -0.25) is 19.7 Å². The lowest BCUT2D eigenvalue weighted by Crippen LogP contribution is -2.65. The largest absolute Gasteiger partial charge is 0.315 e. The van der Waals surface area contributed by atoms with Crippen LogP contribution >= 0.6 is 15.9 Å². The molecule has 7 heteroatoms. The maximum Gasteiger partial charge on any atom is 0.259 e. The second-order valence-corrected chi connectivity index (χ2v) is 5.78. The number of hydrogen-bond donors (Lipinski definition) is 1. The molecule has 0 spiro atoms. The van der Waals surface area contributed by atoms with Crippen LogP contribution in [0.5, 0.6) is 0 Å². The van der Waals surface area contributed by atoms with Crippen LogP contribution in [0.25, 0.3) is 0 Å². The number of imide groups is 1. The number of nitrogens with one attached hydrogen (secondary N) is 1. The van der Waals surface area contributed by atoms with Gasteiger partial charge in [-0.1, -0.05) is 6.07 Å². The molecular formula is C13H12BrFN2O3. The molecule has 2 rings (SSSR count). The predicted octanol–water partition coefficient (Wildman–Crippen LogP) is 1.47. The van der Waals surface area contributed by atoms with E-state index in [2.05, 4.69) is 21.2 Å². The summed E-state index contributed by atoms with van der Waals surface area (Å²) in [6.45, 7) is 2.71. The lowest BCUT2D eigenvalue weighted by molar-refractivity contribution is -0.143. The van der Waals surface area contributed by atoms with E-state index in [1.54, 1.807) is 0 Å². The van der Waals surface area contributed by atoms with Crippen molar-refractivity contribution in [2.45, 2.75) is 19.4 Å². The van der Waals surface area contributed by atoms with Gasteiger partial charge in [-0.25, -0.2) is 4.39 Å². The zero-order chi connectivity index (χ0) is 15.1. The van der Waals surface area contributed by atoms with Crippen LogP contribution in [0, 0.1) is 5.82 Å². The summed E-state index contributed by atoms with van der Waals surface area (Å²) in [6.07, 6.45) is 0. The molecule has 0 radical (unpaired) electrons. The van der Waals surface area contributed by atoms with Crippen LogP contribution in [-0.4, -0.2) is 34.7 Å². The van der Waals surface area contributed by atoms with Crippen molar-refractivity contribution in [3.05, 3.63) is 34.1 Å². The summed E-state index contributed by atoms with van der Waals surface area (Å²) in [6, 6.07) is 4.13. The van der Waals surface area contributed by atoms with E-state index in [1.165, 1.54) is 26.0 Å². The zero-order valence-corrected chi connectivity index (χ0v) is 12.5. The maximum absolute atomic E-state index is 13.8. The minimum absolute atomic E-state index is 0.192. The van der Waals surface area contributed by atoms with Crippen LogP contribution in [0.4, 0.5) is 4.39 Å². The van der Waals surface area contributed by atoms with Crippen LogP contribution in [0.3, 0.4) is 0 Å². The van der Waals surface area contributed by atoms with E-state index in [0.717, 1.165) is 11.0 Å². The molecule has 0 aromatic heterocycles. The summed E-state index contributed by atoms with van der Waals surface area (Å²) in [5.41, 5.74) is -1.42. The first-order valence-electron chi connectivity index (χ1n) is 5.85. The average molecular weight is 343 g/mol. The van der Waals surface area contributed by atoms with Crippen molar-refractivity contribution >= 4 is 33.7 Å². The Morgan fingerprint density at radius 1 is 1.40 bits per heavy atom. The molecule has 5 nitrogen and oxygen atoms in total. The van der Waals surface area contributed by atoms with Gasteiger partial charge in [0.2, 0.25) is 5.91 Å². The standard InChI is InChI=1S/C13H12BrFN2O3/c1-13(2)12(20)16-9(18)6-17(13)11(19)10-7(14)4-3-5-8(10)15/h3-5H,6H2,1-2H3,(H,16,18,20). The van der Waals surface area contributed by atoms with E-state index in [4.69, 9.17) is 0 Å². The first kappa shape index (κ1) is 14.6. The van der Waals surface area contributed by atoms with Crippen molar-refractivity contribution in [2.75, 3.05) is 6.54 Å². The van der Waals surface area contributed by atoms with Crippen LogP contribution in [0.15, 0.2) is 22.7 Å². The number of rotatable bonds is 1. The Hall–Kier alpha value is -1.76. The Labute approximate surface area is 123 Å². The van der Waals surface area contributed by atoms with Crippen LogP contribution < -0.4 is 5.32 Å². The van der Waals surface area contributed by atoms with E-state index in [1.807, 2.05) is 0 Å². The molecule has 1 aliphatic heterocycles. The Balaban J connectivity index is 2.46. The van der Waals surface area contributed by atoms with Crippen LogP contribution in [0.2, 0.25) is 0 Å². The van der Waals surface area contributed by atoms with Gasteiger partial charge in [0.05, 0.1) is 5.56 Å². The van der Waals surface area contributed by atoms with Crippen molar-refractivity contribution in [1.82, 2.24) is 10.2 Å². The van der Waals surface area contributed by atoms with Gasteiger partial charge < -0.3 is 4.90 Å². The first-order chi connectivity index (χ1) is 9.25. The van der Waals surface area contributed by atoms with E-state index in [9.17, 15) is 18.8 Å². The Bertz CT molecular complexity index is 595. The van der Waals surface area contributed by atoms with Crippen LogP contribution in [0.1, 0.15) is 24.2 Å². The normalized spacial score (nSPS) is 17.9. The number of hydrogen-bond acceptors (Lipinski definition) is 3. The first-order valence-corrected chi connectivity index (χ1v) is 6.64. The van der Waals surface area contributed by atoms with Crippen molar-refractivity contribution < 1.29 is 18.8 Å². The fourth-order valence-electron chi connectivity index (χ4n) is 1.95. The molecule has 1 aliphatic rings. The number of carbonyl (C=O) groups excluding carboxylic acids is 3. The van der Waals surface area contributed by atoms with E-state index in [0.29, 0.717) is 0 Å². The third-order valence-corrected chi connectivity index (χ3v) is 3.87. The molecule has 0 unspecified atom stereocenters. The molecule has 0 atom stereocenters. The summed E-state index contributed by atoms with van der Waals surface area (Å²) >= 11 is 3.11. The van der Waals surface area contributed by atoms with Crippen molar-refractivity contribution in [1.29, 1.82) is 0 Å². The number of nitrogens with zero attached hydrogens (tertiary/aromatic N) is 1. The zero-order valence-electron chi connectivity index (χ0n) is 10.9. The fourth-order valence-corrected chi connectivity index (χ4v) is 2.46. The highest BCUT2D eigenvalue weighted by atomic mass is 79.9. The third-order valence-electron chi connectivity index (χ3n) is 3.21. The van der Waals surface area contributed by atoms with Crippen molar-refractivity contribution in [3.63, 3.8) is 0 Å². The van der Waals surface area contributed by atoms with Gasteiger partial charge in [0.25, 0.3) is 11.8 Å². The van der Waals surface area contributed by atoms with Gasteiger partial charge in [0.15, 0.2) is 0 Å². The maximum atomic E-state index is 13.8. The summed E-state index contributed by atoms with van der Waals surface area (Å²) in [5.74, 6) is -2.59. The minimum atomic E-state index is -1.23. The van der Waals surface area contributed by atoms with Crippen molar-refractivity contribution in [2.24, 2.45) is 0 Å². The highest BCUT2D eigenvalue weighted by molar-refractivity contribution is 9.10.